The average Bonchev–Trinajstić information content (AvgIpc) is 2.90. The number of aryl methyl sites for hydroxylation is 1. The van der Waals surface area contributed by atoms with Crippen molar-refractivity contribution in [2.75, 3.05) is 0 Å². The van der Waals surface area contributed by atoms with Gasteiger partial charge in [-0.2, -0.15) is 10.2 Å². The fourth-order valence-electron chi connectivity index (χ4n) is 1.75. The molecule has 0 N–H and O–H groups in total. The van der Waals surface area contributed by atoms with Crippen LogP contribution in [0.25, 0.3) is 16.9 Å². The lowest BCUT2D eigenvalue weighted by Crippen LogP contribution is -1.99. The van der Waals surface area contributed by atoms with E-state index in [1.807, 2.05) is 49.5 Å². The zero-order valence-corrected chi connectivity index (χ0v) is 11.0. The van der Waals surface area contributed by atoms with E-state index >= 15 is 0 Å². The van der Waals surface area contributed by atoms with Crippen LogP contribution in [0.2, 0.25) is 5.02 Å². The fourth-order valence-corrected chi connectivity index (χ4v) is 1.88. The lowest BCUT2D eigenvalue weighted by molar-refractivity contribution is 0.806. The maximum atomic E-state index is 5.88. The molecule has 0 fully saturated rings. The molecule has 0 saturated heterocycles. The summed E-state index contributed by atoms with van der Waals surface area (Å²) in [7, 11) is 0. The van der Waals surface area contributed by atoms with E-state index in [2.05, 4.69) is 15.3 Å². The molecule has 0 atom stereocenters. The molecule has 2 heterocycles. The van der Waals surface area contributed by atoms with Crippen LogP contribution < -0.4 is 0 Å². The van der Waals surface area contributed by atoms with Gasteiger partial charge in [0.15, 0.2) is 5.82 Å². The highest BCUT2D eigenvalue weighted by Crippen LogP contribution is 2.21. The van der Waals surface area contributed by atoms with Gasteiger partial charge in [0.25, 0.3) is 0 Å². The third-order valence-electron chi connectivity index (χ3n) is 2.78. The highest BCUT2D eigenvalue weighted by atomic mass is 35.5. The first-order valence-corrected chi connectivity index (χ1v) is 6.21. The fraction of sp³-hybridized carbons (Fsp3) is 0.0714. The van der Waals surface area contributed by atoms with Crippen molar-refractivity contribution in [3.63, 3.8) is 0 Å². The number of benzene rings is 1. The third-order valence-corrected chi connectivity index (χ3v) is 3.03. The summed E-state index contributed by atoms with van der Waals surface area (Å²) in [4.78, 5) is 0. The van der Waals surface area contributed by atoms with Crippen LogP contribution in [0.3, 0.4) is 0 Å². The molecule has 94 valence electrons. The van der Waals surface area contributed by atoms with Gasteiger partial charge in [-0.05, 0) is 36.8 Å². The molecule has 0 saturated carbocycles. The first-order chi connectivity index (χ1) is 9.22. The number of rotatable bonds is 2. The maximum Gasteiger partial charge on any atom is 0.175 e. The molecule has 0 aliphatic rings. The minimum absolute atomic E-state index is 0.700. The summed E-state index contributed by atoms with van der Waals surface area (Å²) in [6.45, 7) is 1.90. The first-order valence-electron chi connectivity index (χ1n) is 5.84. The second-order valence-electron chi connectivity index (χ2n) is 4.21. The van der Waals surface area contributed by atoms with Gasteiger partial charge in [-0.15, -0.1) is 5.10 Å². The molecule has 0 aliphatic carbocycles. The van der Waals surface area contributed by atoms with Gasteiger partial charge in [-0.3, -0.25) is 0 Å². The van der Waals surface area contributed by atoms with Crippen molar-refractivity contribution in [2.24, 2.45) is 0 Å². The smallest absolute Gasteiger partial charge is 0.175 e. The Bertz CT molecular complexity index is 626. The van der Waals surface area contributed by atoms with Crippen molar-refractivity contribution < 1.29 is 0 Å². The number of hydrogen-bond donors (Lipinski definition) is 0. The Morgan fingerprint density at radius 3 is 2.42 bits per heavy atom. The van der Waals surface area contributed by atoms with Crippen LogP contribution in [0.1, 0.15) is 5.69 Å². The van der Waals surface area contributed by atoms with Crippen LogP contribution in [0.15, 0.2) is 48.8 Å². The van der Waals surface area contributed by atoms with Crippen molar-refractivity contribution in [1.29, 1.82) is 0 Å². The van der Waals surface area contributed by atoms with Gasteiger partial charge in [0, 0.05) is 16.8 Å². The lowest BCUT2D eigenvalue weighted by atomic mass is 10.1. The monoisotopic (exact) mass is 270 g/mol. The van der Waals surface area contributed by atoms with Crippen LogP contribution in [0, 0.1) is 6.92 Å². The average molecular weight is 271 g/mol. The first kappa shape index (κ1) is 11.9. The molecule has 5 heteroatoms. The number of halogens is 1. The molecule has 4 nitrogen and oxygen atoms in total. The van der Waals surface area contributed by atoms with Crippen LogP contribution in [-0.2, 0) is 0 Å². The summed E-state index contributed by atoms with van der Waals surface area (Å²) in [6.07, 6.45) is 3.72. The summed E-state index contributed by atoms with van der Waals surface area (Å²) in [6, 6.07) is 11.4. The van der Waals surface area contributed by atoms with Gasteiger partial charge in [0.1, 0.15) is 0 Å². The number of hydrogen-bond acceptors (Lipinski definition) is 3. The molecule has 1 aromatic carbocycles. The molecule has 2 aromatic heterocycles. The SMILES string of the molecule is Cc1ccc(-n2cc(-c3ccc(Cl)cc3)cn2)nn1. The van der Waals surface area contributed by atoms with Crippen LogP contribution in [-0.4, -0.2) is 20.0 Å². The van der Waals surface area contributed by atoms with Crippen molar-refractivity contribution in [2.45, 2.75) is 6.92 Å². The molecule has 0 aliphatic heterocycles. The minimum atomic E-state index is 0.700. The summed E-state index contributed by atoms with van der Waals surface area (Å²) in [5.74, 6) is 0.700. The zero-order valence-electron chi connectivity index (χ0n) is 10.3. The zero-order chi connectivity index (χ0) is 13.2. The highest BCUT2D eigenvalue weighted by Gasteiger charge is 2.04. The molecular weight excluding hydrogens is 260 g/mol. The molecule has 19 heavy (non-hydrogen) atoms. The second kappa shape index (κ2) is 4.82. The summed E-state index contributed by atoms with van der Waals surface area (Å²) in [5.41, 5.74) is 2.96. The van der Waals surface area contributed by atoms with Crippen LogP contribution >= 0.6 is 11.6 Å². The summed E-state index contributed by atoms with van der Waals surface area (Å²) >= 11 is 5.88. The van der Waals surface area contributed by atoms with Gasteiger partial charge < -0.3 is 0 Å². The van der Waals surface area contributed by atoms with Gasteiger partial charge in [0.05, 0.1) is 11.9 Å². The Hall–Kier alpha value is -2.20. The van der Waals surface area contributed by atoms with Crippen molar-refractivity contribution >= 4 is 11.6 Å². The highest BCUT2D eigenvalue weighted by molar-refractivity contribution is 6.30. The van der Waals surface area contributed by atoms with E-state index in [0.717, 1.165) is 21.8 Å². The van der Waals surface area contributed by atoms with Crippen molar-refractivity contribution in [3.8, 4) is 16.9 Å². The standard InChI is InChI=1S/C14H11ClN4/c1-10-2-7-14(18-17-10)19-9-12(8-16-19)11-3-5-13(15)6-4-11/h2-9H,1H3. The normalized spacial score (nSPS) is 10.6. The second-order valence-corrected chi connectivity index (χ2v) is 4.65. The Kier molecular flexibility index (Phi) is 3.01. The molecule has 0 unspecified atom stereocenters. The van der Waals surface area contributed by atoms with Gasteiger partial charge in [0.2, 0.25) is 0 Å². The van der Waals surface area contributed by atoms with E-state index in [-0.39, 0.29) is 0 Å². The summed E-state index contributed by atoms with van der Waals surface area (Å²) < 4.78 is 1.70. The quantitative estimate of drug-likeness (QED) is 0.718. The van der Waals surface area contributed by atoms with Crippen LogP contribution in [0.4, 0.5) is 0 Å². The number of aromatic nitrogens is 4. The Morgan fingerprint density at radius 1 is 0.947 bits per heavy atom. The number of nitrogens with zero attached hydrogens (tertiary/aromatic N) is 4. The van der Waals surface area contributed by atoms with E-state index in [1.54, 1.807) is 10.9 Å². The van der Waals surface area contributed by atoms with Crippen molar-refractivity contribution in [1.82, 2.24) is 20.0 Å². The topological polar surface area (TPSA) is 43.6 Å². The van der Waals surface area contributed by atoms with Crippen molar-refractivity contribution in [3.05, 3.63) is 59.5 Å². The summed E-state index contributed by atoms with van der Waals surface area (Å²) in [5, 5.41) is 13.1. The maximum absolute atomic E-state index is 5.88. The Morgan fingerprint density at radius 2 is 1.74 bits per heavy atom. The van der Waals surface area contributed by atoms with E-state index in [0.29, 0.717) is 5.82 Å². The molecular formula is C14H11ClN4. The molecule has 0 bridgehead atoms. The Balaban J connectivity index is 1.95. The predicted octanol–water partition coefficient (Wildman–Crippen LogP) is 3.29. The predicted molar refractivity (Wildman–Crippen MR) is 74.3 cm³/mol. The largest absolute Gasteiger partial charge is 0.220 e. The lowest BCUT2D eigenvalue weighted by Gasteiger charge is -1.99. The third kappa shape index (κ3) is 2.48. The molecule has 0 radical (unpaired) electrons. The molecule has 0 spiro atoms. The molecule has 3 aromatic rings. The molecule has 0 amide bonds. The van der Waals surface area contributed by atoms with Gasteiger partial charge in [-0.1, -0.05) is 23.7 Å². The van der Waals surface area contributed by atoms with Crippen LogP contribution in [0.5, 0.6) is 0 Å². The van der Waals surface area contributed by atoms with E-state index in [1.165, 1.54) is 0 Å². The molecule has 3 rings (SSSR count). The van der Waals surface area contributed by atoms with E-state index in [9.17, 15) is 0 Å². The van der Waals surface area contributed by atoms with Gasteiger partial charge >= 0.3 is 0 Å². The minimum Gasteiger partial charge on any atom is -0.220 e. The van der Waals surface area contributed by atoms with Gasteiger partial charge in [-0.25, -0.2) is 4.68 Å². The van der Waals surface area contributed by atoms with E-state index in [4.69, 9.17) is 11.6 Å². The van der Waals surface area contributed by atoms with E-state index < -0.39 is 0 Å². The Labute approximate surface area is 115 Å².